The maximum absolute atomic E-state index is 8.95. The maximum Gasteiger partial charge on any atom is 0.187 e. The van der Waals surface area contributed by atoms with E-state index in [1.165, 1.54) is 0 Å². The van der Waals surface area contributed by atoms with Crippen LogP contribution in [0, 0.1) is 0 Å². The molecular formula is C9H13NO5. The standard InChI is InChI=1S/C9H13NO5/c1-9(2)14-6-5(10-11)4-3-12-8(13-4)7(6)15-9/h4,6-8,11H,3H2,1-2H3/b10-5-/t4-,6-,7+,8+/m0/s1. The predicted octanol–water partition coefficient (Wildman–Crippen LogP) is 0.0918. The Morgan fingerprint density at radius 3 is 2.93 bits per heavy atom. The summed E-state index contributed by atoms with van der Waals surface area (Å²) in [4.78, 5) is 0. The Hall–Kier alpha value is -0.690. The molecule has 0 aromatic heterocycles. The van der Waals surface area contributed by atoms with Gasteiger partial charge in [-0.15, -0.1) is 0 Å². The summed E-state index contributed by atoms with van der Waals surface area (Å²) < 4.78 is 22.2. The van der Waals surface area contributed by atoms with E-state index >= 15 is 0 Å². The highest BCUT2D eigenvalue weighted by molar-refractivity contribution is 5.94. The van der Waals surface area contributed by atoms with Crippen molar-refractivity contribution in [3.8, 4) is 0 Å². The maximum atomic E-state index is 8.95. The quantitative estimate of drug-likeness (QED) is 0.458. The van der Waals surface area contributed by atoms with Gasteiger partial charge in [0.05, 0.1) is 6.61 Å². The lowest BCUT2D eigenvalue weighted by molar-refractivity contribution is -0.183. The third kappa shape index (κ3) is 1.29. The monoisotopic (exact) mass is 215 g/mol. The third-order valence-corrected chi connectivity index (χ3v) is 2.84. The molecule has 0 unspecified atom stereocenters. The second kappa shape index (κ2) is 2.91. The summed E-state index contributed by atoms with van der Waals surface area (Å²) >= 11 is 0. The molecular weight excluding hydrogens is 202 g/mol. The van der Waals surface area contributed by atoms with Crippen LogP contribution in [0.15, 0.2) is 5.16 Å². The largest absolute Gasteiger partial charge is 0.411 e. The van der Waals surface area contributed by atoms with E-state index < -0.39 is 12.1 Å². The number of hydrogen-bond acceptors (Lipinski definition) is 6. The van der Waals surface area contributed by atoms with Crippen molar-refractivity contribution >= 4 is 5.71 Å². The molecule has 6 nitrogen and oxygen atoms in total. The molecule has 3 fully saturated rings. The van der Waals surface area contributed by atoms with Crippen molar-refractivity contribution in [2.75, 3.05) is 6.61 Å². The average molecular weight is 215 g/mol. The van der Waals surface area contributed by atoms with Crippen LogP contribution in [-0.4, -0.2) is 47.9 Å². The lowest BCUT2D eigenvalue weighted by Crippen LogP contribution is -2.49. The van der Waals surface area contributed by atoms with E-state index in [1.807, 2.05) is 13.8 Å². The molecule has 4 atom stereocenters. The van der Waals surface area contributed by atoms with Gasteiger partial charge >= 0.3 is 0 Å². The van der Waals surface area contributed by atoms with Gasteiger partial charge in [-0.05, 0) is 13.8 Å². The normalized spacial score (nSPS) is 49.6. The molecule has 0 amide bonds. The zero-order valence-corrected chi connectivity index (χ0v) is 8.54. The van der Waals surface area contributed by atoms with Gasteiger partial charge < -0.3 is 24.2 Å². The van der Waals surface area contributed by atoms with Gasteiger partial charge in [-0.25, -0.2) is 0 Å². The topological polar surface area (TPSA) is 69.5 Å². The molecule has 3 aliphatic heterocycles. The van der Waals surface area contributed by atoms with Crippen molar-refractivity contribution in [2.24, 2.45) is 5.16 Å². The van der Waals surface area contributed by atoms with Crippen LogP contribution >= 0.6 is 0 Å². The van der Waals surface area contributed by atoms with Crippen LogP contribution in [0.25, 0.3) is 0 Å². The fraction of sp³-hybridized carbons (Fsp3) is 0.889. The fourth-order valence-corrected chi connectivity index (χ4v) is 2.27. The molecule has 0 aromatic carbocycles. The second-order valence-corrected chi connectivity index (χ2v) is 4.37. The first-order valence-electron chi connectivity index (χ1n) is 4.95. The summed E-state index contributed by atoms with van der Waals surface area (Å²) in [5.74, 6) is -0.692. The molecule has 0 spiro atoms. The first-order valence-corrected chi connectivity index (χ1v) is 4.95. The van der Waals surface area contributed by atoms with Crippen molar-refractivity contribution in [3.05, 3.63) is 0 Å². The Kier molecular flexibility index (Phi) is 1.85. The Balaban J connectivity index is 1.95. The highest BCUT2D eigenvalue weighted by atomic mass is 16.8. The van der Waals surface area contributed by atoms with Crippen LogP contribution in [0.1, 0.15) is 13.8 Å². The highest BCUT2D eigenvalue weighted by Crippen LogP contribution is 2.39. The van der Waals surface area contributed by atoms with Crippen molar-refractivity contribution in [1.29, 1.82) is 0 Å². The molecule has 84 valence electrons. The van der Waals surface area contributed by atoms with Crippen LogP contribution in [0.2, 0.25) is 0 Å². The number of oxime groups is 1. The average Bonchev–Trinajstić information content (AvgIpc) is 2.70. The number of rotatable bonds is 0. The van der Waals surface area contributed by atoms with Gasteiger partial charge in [-0.1, -0.05) is 5.16 Å². The van der Waals surface area contributed by atoms with Gasteiger partial charge in [0.25, 0.3) is 0 Å². The summed E-state index contributed by atoms with van der Waals surface area (Å²) in [5.41, 5.74) is 0.458. The van der Waals surface area contributed by atoms with Gasteiger partial charge in [-0.3, -0.25) is 0 Å². The first kappa shape index (κ1) is 9.53. The van der Waals surface area contributed by atoms with Crippen LogP contribution < -0.4 is 0 Å². The summed E-state index contributed by atoms with van der Waals surface area (Å²) in [5, 5.41) is 12.2. The van der Waals surface area contributed by atoms with Gasteiger partial charge in [0.15, 0.2) is 12.1 Å². The van der Waals surface area contributed by atoms with E-state index in [0.717, 1.165) is 0 Å². The smallest absolute Gasteiger partial charge is 0.187 e. The van der Waals surface area contributed by atoms with Crippen molar-refractivity contribution < 1.29 is 24.2 Å². The van der Waals surface area contributed by atoms with Gasteiger partial charge in [0.2, 0.25) is 0 Å². The molecule has 3 rings (SSSR count). The Bertz CT molecular complexity index is 316. The zero-order valence-electron chi connectivity index (χ0n) is 8.54. The molecule has 0 radical (unpaired) electrons. The van der Waals surface area contributed by atoms with E-state index in [4.69, 9.17) is 24.2 Å². The molecule has 3 saturated heterocycles. The molecule has 1 N–H and O–H groups in total. The molecule has 15 heavy (non-hydrogen) atoms. The predicted molar refractivity (Wildman–Crippen MR) is 47.7 cm³/mol. The first-order chi connectivity index (χ1) is 7.11. The number of ether oxygens (including phenoxy) is 4. The number of fused-ring (bicyclic) bond motifs is 4. The highest BCUT2D eigenvalue weighted by Gasteiger charge is 2.57. The SMILES string of the molecule is CC1(C)O[C@H]2[C@@H]3OC[C@H](O3)/C(=N/O)[C@@H]2O1. The minimum absolute atomic E-state index is 0.307. The van der Waals surface area contributed by atoms with Crippen LogP contribution in [0.3, 0.4) is 0 Å². The second-order valence-electron chi connectivity index (χ2n) is 4.37. The van der Waals surface area contributed by atoms with E-state index in [-0.39, 0.29) is 18.3 Å². The molecule has 0 aliphatic carbocycles. The Labute approximate surface area is 86.7 Å². The summed E-state index contributed by atoms with van der Waals surface area (Å²) in [6.07, 6.45) is -1.42. The van der Waals surface area contributed by atoms with E-state index in [1.54, 1.807) is 0 Å². The Morgan fingerprint density at radius 1 is 1.40 bits per heavy atom. The van der Waals surface area contributed by atoms with Crippen LogP contribution in [0.4, 0.5) is 0 Å². The third-order valence-electron chi connectivity index (χ3n) is 2.84. The van der Waals surface area contributed by atoms with Gasteiger partial charge in [-0.2, -0.15) is 0 Å². The zero-order chi connectivity index (χ0) is 10.6. The molecule has 3 heterocycles. The van der Waals surface area contributed by atoms with Gasteiger partial charge in [0.1, 0.15) is 24.0 Å². The number of hydrogen-bond donors (Lipinski definition) is 1. The minimum atomic E-state index is -0.692. The lowest BCUT2D eigenvalue weighted by atomic mass is 10.0. The van der Waals surface area contributed by atoms with E-state index in [0.29, 0.717) is 12.3 Å². The van der Waals surface area contributed by atoms with E-state index in [9.17, 15) is 0 Å². The lowest BCUT2D eigenvalue weighted by Gasteiger charge is -2.27. The Morgan fingerprint density at radius 2 is 2.20 bits per heavy atom. The molecule has 3 aliphatic rings. The van der Waals surface area contributed by atoms with Crippen LogP contribution in [0.5, 0.6) is 0 Å². The summed E-state index contributed by atoms with van der Waals surface area (Å²) in [6.45, 7) is 4.02. The molecule has 0 saturated carbocycles. The fourth-order valence-electron chi connectivity index (χ4n) is 2.27. The van der Waals surface area contributed by atoms with E-state index in [2.05, 4.69) is 5.16 Å². The molecule has 0 aromatic rings. The summed E-state index contributed by atoms with van der Waals surface area (Å²) in [6, 6.07) is 0. The van der Waals surface area contributed by atoms with Crippen molar-refractivity contribution in [1.82, 2.24) is 0 Å². The summed E-state index contributed by atoms with van der Waals surface area (Å²) in [7, 11) is 0. The van der Waals surface area contributed by atoms with Crippen molar-refractivity contribution in [3.63, 3.8) is 0 Å². The van der Waals surface area contributed by atoms with Gasteiger partial charge in [0, 0.05) is 0 Å². The molecule has 6 heteroatoms. The molecule has 2 bridgehead atoms. The minimum Gasteiger partial charge on any atom is -0.411 e. The number of nitrogens with zero attached hydrogens (tertiary/aromatic N) is 1. The van der Waals surface area contributed by atoms with Crippen LogP contribution in [-0.2, 0) is 18.9 Å². The van der Waals surface area contributed by atoms with Crippen molar-refractivity contribution in [2.45, 2.75) is 44.2 Å².